The molecule has 7 heteroatoms. The molecule has 0 bridgehead atoms. The molecule has 0 aromatic carbocycles. The van der Waals surface area contributed by atoms with Crippen LogP contribution in [0.2, 0.25) is 0 Å². The first-order chi connectivity index (χ1) is 11.7. The van der Waals surface area contributed by atoms with Crippen molar-refractivity contribution < 1.29 is 14.3 Å². The van der Waals surface area contributed by atoms with Gasteiger partial charge in [0.25, 0.3) is 5.91 Å². The Kier molecular flexibility index (Phi) is 5.45. The van der Waals surface area contributed by atoms with Crippen LogP contribution in [0.25, 0.3) is 11.0 Å². The number of nitrogens with zero attached hydrogens (tertiary/aromatic N) is 3. The van der Waals surface area contributed by atoms with Crippen molar-refractivity contribution in [3.63, 3.8) is 0 Å². The Morgan fingerprint density at radius 1 is 1.24 bits per heavy atom. The highest BCUT2D eigenvalue weighted by Crippen LogP contribution is 2.25. The third-order valence-corrected chi connectivity index (χ3v) is 4.23. The largest absolute Gasteiger partial charge is 0.467 e. The molecule has 0 fully saturated rings. The molecule has 0 aliphatic heterocycles. The molecular weight excluding hydrogens is 320 g/mol. The number of hydrogen-bond donors (Lipinski definition) is 1. The summed E-state index contributed by atoms with van der Waals surface area (Å²) in [5.41, 5.74) is 2.67. The van der Waals surface area contributed by atoms with Gasteiger partial charge in [-0.2, -0.15) is 5.10 Å². The van der Waals surface area contributed by atoms with E-state index in [2.05, 4.69) is 15.4 Å². The van der Waals surface area contributed by atoms with E-state index in [1.165, 1.54) is 7.11 Å². The molecule has 0 radical (unpaired) electrons. The van der Waals surface area contributed by atoms with E-state index in [1.807, 2.05) is 34.6 Å². The number of aromatic nitrogens is 3. The van der Waals surface area contributed by atoms with Gasteiger partial charge in [-0.15, -0.1) is 0 Å². The van der Waals surface area contributed by atoms with Crippen molar-refractivity contribution in [2.24, 2.45) is 13.0 Å². The number of nitrogens with one attached hydrogen (secondary N) is 1. The predicted molar refractivity (Wildman–Crippen MR) is 95.4 cm³/mol. The Balaban J connectivity index is 2.54. The smallest absolute Gasteiger partial charge is 0.328 e. The molecule has 2 aromatic heterocycles. The minimum absolute atomic E-state index is 0.0895. The number of carbonyl (C=O) groups is 2. The molecule has 0 saturated heterocycles. The maximum atomic E-state index is 12.9. The van der Waals surface area contributed by atoms with E-state index in [4.69, 9.17) is 4.74 Å². The van der Waals surface area contributed by atoms with Crippen LogP contribution in [0.1, 0.15) is 55.4 Å². The highest BCUT2D eigenvalue weighted by atomic mass is 16.5. The molecule has 2 aromatic rings. The molecule has 25 heavy (non-hydrogen) atoms. The van der Waals surface area contributed by atoms with Crippen LogP contribution in [0.15, 0.2) is 6.07 Å². The first-order valence-corrected chi connectivity index (χ1v) is 8.40. The summed E-state index contributed by atoms with van der Waals surface area (Å²) < 4.78 is 6.48. The van der Waals surface area contributed by atoms with E-state index >= 15 is 0 Å². The third kappa shape index (κ3) is 3.65. The third-order valence-electron chi connectivity index (χ3n) is 4.23. The minimum atomic E-state index is -0.708. The summed E-state index contributed by atoms with van der Waals surface area (Å²) in [6.45, 7) is 9.60. The van der Waals surface area contributed by atoms with Crippen molar-refractivity contribution >= 4 is 22.9 Å². The minimum Gasteiger partial charge on any atom is -0.467 e. The summed E-state index contributed by atoms with van der Waals surface area (Å²) >= 11 is 0. The van der Waals surface area contributed by atoms with Crippen molar-refractivity contribution in [2.45, 2.75) is 46.6 Å². The van der Waals surface area contributed by atoms with Gasteiger partial charge in [0.15, 0.2) is 5.65 Å². The number of carbonyl (C=O) groups excluding carboxylic acids is 2. The second-order valence-corrected chi connectivity index (χ2v) is 6.88. The van der Waals surface area contributed by atoms with Gasteiger partial charge in [-0.25, -0.2) is 9.78 Å². The summed E-state index contributed by atoms with van der Waals surface area (Å²) in [6.07, 6.45) is 0. The lowest BCUT2D eigenvalue weighted by Gasteiger charge is -2.20. The van der Waals surface area contributed by atoms with Gasteiger partial charge in [-0.05, 0) is 24.8 Å². The lowest BCUT2D eigenvalue weighted by atomic mass is 10.0. The number of methoxy groups -OCH3 is 1. The second-order valence-electron chi connectivity index (χ2n) is 6.88. The van der Waals surface area contributed by atoms with Gasteiger partial charge in [0.2, 0.25) is 0 Å². The number of aryl methyl sites for hydroxylation is 2. The number of ether oxygens (including phenoxy) is 1. The van der Waals surface area contributed by atoms with Crippen molar-refractivity contribution in [3.8, 4) is 0 Å². The number of fused-ring (bicyclic) bond motifs is 1. The zero-order chi connectivity index (χ0) is 18.9. The average Bonchev–Trinajstić information content (AvgIpc) is 2.85. The Hall–Kier alpha value is -2.44. The molecule has 1 atom stereocenters. The van der Waals surface area contributed by atoms with Crippen molar-refractivity contribution in [1.82, 2.24) is 20.1 Å². The van der Waals surface area contributed by atoms with Gasteiger partial charge in [0.1, 0.15) is 6.04 Å². The summed E-state index contributed by atoms with van der Waals surface area (Å²) in [5, 5.41) is 7.89. The monoisotopic (exact) mass is 346 g/mol. The van der Waals surface area contributed by atoms with Crippen molar-refractivity contribution in [1.29, 1.82) is 0 Å². The SMILES string of the molecule is COC(=O)C(NC(=O)c1cc(C(C)C)nc2c1c(C)nn2C)C(C)C. The molecule has 0 saturated carbocycles. The van der Waals surface area contributed by atoms with Crippen LogP contribution in [0.3, 0.4) is 0 Å². The maximum Gasteiger partial charge on any atom is 0.328 e. The second kappa shape index (κ2) is 7.21. The van der Waals surface area contributed by atoms with Gasteiger partial charge < -0.3 is 10.1 Å². The molecule has 2 rings (SSSR count). The van der Waals surface area contributed by atoms with Gasteiger partial charge in [0, 0.05) is 12.7 Å². The molecular formula is C18H26N4O3. The molecule has 7 nitrogen and oxygen atoms in total. The first-order valence-electron chi connectivity index (χ1n) is 8.40. The molecule has 136 valence electrons. The van der Waals surface area contributed by atoms with Gasteiger partial charge in [-0.1, -0.05) is 27.7 Å². The van der Waals surface area contributed by atoms with E-state index in [-0.39, 0.29) is 17.7 Å². The summed E-state index contributed by atoms with van der Waals surface area (Å²) in [4.78, 5) is 29.5. The van der Waals surface area contributed by atoms with Crippen LogP contribution >= 0.6 is 0 Å². The van der Waals surface area contributed by atoms with Gasteiger partial charge in [0.05, 0.1) is 23.8 Å². The Labute approximate surface area is 147 Å². The molecule has 1 unspecified atom stereocenters. The van der Waals surface area contributed by atoms with Crippen LogP contribution in [0.5, 0.6) is 0 Å². The summed E-state index contributed by atoms with van der Waals surface area (Å²) in [6, 6.07) is 1.08. The van der Waals surface area contributed by atoms with E-state index in [1.54, 1.807) is 17.8 Å². The van der Waals surface area contributed by atoms with Crippen LogP contribution < -0.4 is 5.32 Å². The lowest BCUT2D eigenvalue weighted by molar-refractivity contribution is -0.144. The Morgan fingerprint density at radius 2 is 1.88 bits per heavy atom. The van der Waals surface area contributed by atoms with Crippen LogP contribution in [-0.4, -0.2) is 39.8 Å². The number of pyridine rings is 1. The summed E-state index contributed by atoms with van der Waals surface area (Å²) in [7, 11) is 3.12. The van der Waals surface area contributed by atoms with E-state index in [0.717, 1.165) is 11.4 Å². The van der Waals surface area contributed by atoms with Gasteiger partial charge >= 0.3 is 5.97 Å². The molecule has 0 aliphatic rings. The van der Waals surface area contributed by atoms with Crippen molar-refractivity contribution in [3.05, 3.63) is 23.0 Å². The fourth-order valence-corrected chi connectivity index (χ4v) is 2.78. The Morgan fingerprint density at radius 3 is 2.40 bits per heavy atom. The lowest BCUT2D eigenvalue weighted by Crippen LogP contribution is -2.45. The zero-order valence-corrected chi connectivity index (χ0v) is 15.9. The van der Waals surface area contributed by atoms with Crippen LogP contribution in [-0.2, 0) is 16.6 Å². The van der Waals surface area contributed by atoms with Crippen LogP contribution in [0.4, 0.5) is 0 Å². The maximum absolute atomic E-state index is 12.9. The standard InChI is InChI=1S/C18H26N4O3/c1-9(2)13-8-12(14-11(5)21-22(6)16(14)19-13)17(23)20-15(10(3)4)18(24)25-7/h8-10,15H,1-7H3,(H,20,23). The van der Waals surface area contributed by atoms with E-state index < -0.39 is 12.0 Å². The van der Waals surface area contributed by atoms with Crippen molar-refractivity contribution in [2.75, 3.05) is 7.11 Å². The zero-order valence-electron chi connectivity index (χ0n) is 15.9. The van der Waals surface area contributed by atoms with Crippen LogP contribution in [0, 0.1) is 12.8 Å². The molecule has 1 N–H and O–H groups in total. The van der Waals surface area contributed by atoms with E-state index in [9.17, 15) is 9.59 Å². The quantitative estimate of drug-likeness (QED) is 0.840. The average molecular weight is 346 g/mol. The summed E-state index contributed by atoms with van der Waals surface area (Å²) in [5.74, 6) is -0.712. The highest BCUT2D eigenvalue weighted by Gasteiger charge is 2.27. The molecule has 1 amide bonds. The number of esters is 1. The molecule has 2 heterocycles. The normalized spacial score (nSPS) is 12.7. The first kappa shape index (κ1) is 18.9. The van der Waals surface area contributed by atoms with Gasteiger partial charge in [-0.3, -0.25) is 9.48 Å². The fraction of sp³-hybridized carbons (Fsp3) is 0.556. The predicted octanol–water partition coefficient (Wildman–Crippen LogP) is 2.33. The number of hydrogen-bond acceptors (Lipinski definition) is 5. The molecule has 0 aliphatic carbocycles. The fourth-order valence-electron chi connectivity index (χ4n) is 2.78. The Bertz CT molecular complexity index is 808. The molecule has 0 spiro atoms. The number of amides is 1. The topological polar surface area (TPSA) is 86.1 Å². The number of rotatable bonds is 5. The van der Waals surface area contributed by atoms with E-state index in [0.29, 0.717) is 16.6 Å². The highest BCUT2D eigenvalue weighted by molar-refractivity contribution is 6.07.